The summed E-state index contributed by atoms with van der Waals surface area (Å²) in [4.78, 5) is 3.27. The molecule has 0 fully saturated rings. The number of para-hydroxylation sites is 1. The summed E-state index contributed by atoms with van der Waals surface area (Å²) < 4.78 is 116. The van der Waals surface area contributed by atoms with E-state index in [0.29, 0.717) is 27.9 Å². The Morgan fingerprint density at radius 3 is 0.990 bits per heavy atom. The summed E-state index contributed by atoms with van der Waals surface area (Å²) in [5.41, 5.74) is 6.25. The fourth-order valence-electron chi connectivity index (χ4n) is 14.8. The van der Waals surface area contributed by atoms with E-state index in [-0.39, 0.29) is 101 Å². The van der Waals surface area contributed by atoms with E-state index >= 15 is 0 Å². The van der Waals surface area contributed by atoms with Crippen molar-refractivity contribution in [2.45, 2.75) is 0 Å². The molecule has 0 saturated carbocycles. The second-order valence-corrected chi connectivity index (χ2v) is 26.3. The van der Waals surface area contributed by atoms with Crippen molar-refractivity contribution in [3.05, 3.63) is 388 Å². The van der Waals surface area contributed by atoms with Crippen molar-refractivity contribution in [1.82, 2.24) is 0 Å². The SMILES string of the molecule is [2H]c1c([2H])c(N(c2ccc(-c3cc4ccccc4c4ccccc34)cc2)c2cc3ccccc3c3ccccc23)c([2H])c([2H])c1-c1cccc2c1sc1ccccc12.[2H]c1c([2H])c(N(c2ccccc2)c2c([2H])c([2H])c(-c3cc4ccccc4c4ccccc34)c([2H])c2[2H])c([2H])c([2H])c1-c1cc2ccccc2c2ccccc12. The van der Waals surface area contributed by atoms with Crippen LogP contribution in [0.3, 0.4) is 0 Å². The highest BCUT2D eigenvalue weighted by Gasteiger charge is 2.21. The van der Waals surface area contributed by atoms with Crippen molar-refractivity contribution in [3.8, 4) is 44.5 Å². The van der Waals surface area contributed by atoms with Crippen molar-refractivity contribution >= 4 is 152 Å². The van der Waals surface area contributed by atoms with Crippen LogP contribution in [0.4, 0.5) is 34.1 Å². The molecular formula is C98H64N2S. The minimum atomic E-state index is -0.376. The Kier molecular flexibility index (Phi) is 11.9. The van der Waals surface area contributed by atoms with Gasteiger partial charge in [0.2, 0.25) is 0 Å². The van der Waals surface area contributed by atoms with Crippen LogP contribution in [0.15, 0.2) is 388 Å². The number of rotatable bonds is 10. The van der Waals surface area contributed by atoms with Crippen LogP contribution in [-0.4, -0.2) is 0 Å². The minimum Gasteiger partial charge on any atom is -0.311 e. The summed E-state index contributed by atoms with van der Waals surface area (Å²) in [5.74, 6) is 0. The van der Waals surface area contributed by atoms with Gasteiger partial charge in [-0.2, -0.15) is 0 Å². The van der Waals surface area contributed by atoms with Gasteiger partial charge in [0.1, 0.15) is 0 Å². The zero-order valence-corrected chi connectivity index (χ0v) is 55.1. The maximum absolute atomic E-state index is 9.75. The van der Waals surface area contributed by atoms with Crippen molar-refractivity contribution < 1.29 is 16.4 Å². The van der Waals surface area contributed by atoms with E-state index in [1.54, 1.807) is 41.7 Å². The second kappa shape index (κ2) is 25.2. The maximum Gasteiger partial charge on any atom is 0.0645 e. The van der Waals surface area contributed by atoms with E-state index in [9.17, 15) is 16.4 Å². The molecule has 20 aromatic rings. The van der Waals surface area contributed by atoms with Crippen LogP contribution in [0.2, 0.25) is 0 Å². The summed E-state index contributed by atoms with van der Waals surface area (Å²) in [7, 11) is 0. The molecule has 0 aliphatic rings. The smallest absolute Gasteiger partial charge is 0.0645 e. The van der Waals surface area contributed by atoms with E-state index in [4.69, 9.17) is 0 Å². The molecule has 0 saturated heterocycles. The Bertz CT molecular complexity index is 7100. The highest BCUT2D eigenvalue weighted by Crippen LogP contribution is 2.47. The lowest BCUT2D eigenvalue weighted by atomic mass is 9.93. The van der Waals surface area contributed by atoms with Crippen molar-refractivity contribution in [2.75, 3.05) is 9.80 Å². The molecule has 0 N–H and O–H groups in total. The van der Waals surface area contributed by atoms with Gasteiger partial charge in [0, 0.05) is 54.0 Å². The van der Waals surface area contributed by atoms with Gasteiger partial charge in [-0.1, -0.05) is 297 Å². The first-order chi connectivity index (χ1) is 55.1. The molecule has 19 aromatic carbocycles. The number of nitrogens with zero attached hydrogens (tertiary/aromatic N) is 2. The fraction of sp³-hybridized carbons (Fsp3) is 0. The van der Waals surface area contributed by atoms with Gasteiger partial charge in [-0.25, -0.2) is 0 Å². The van der Waals surface area contributed by atoms with E-state index < -0.39 is 0 Å². The molecule has 0 aliphatic carbocycles. The molecule has 0 bridgehead atoms. The van der Waals surface area contributed by atoms with Gasteiger partial charge < -0.3 is 9.80 Å². The van der Waals surface area contributed by atoms with Crippen LogP contribution in [0.5, 0.6) is 0 Å². The molecule has 0 amide bonds. The maximum atomic E-state index is 9.75. The highest BCUT2D eigenvalue weighted by molar-refractivity contribution is 7.26. The lowest BCUT2D eigenvalue weighted by Gasteiger charge is -2.28. The van der Waals surface area contributed by atoms with E-state index in [2.05, 4.69) is 115 Å². The molecule has 0 atom stereocenters. The standard InChI is InChI=1S/C52H33NS.C46H31N/c1-3-14-40-36(12-1)32-49(45-18-6-5-16-43(40)45)35-26-30-39(31-27-35)53(50-33-37-13-2-4-15-41(37)44-17-7-8-19-46(44)50)38-28-24-34(25-29-38)42-21-11-22-48-47-20-9-10-23-51(47)54-52(42)48;1-2-14-36(15-3-1)47(37-26-22-32(23-27-37)45-30-34-12-4-6-16-39(34)41-18-8-10-20-43(41)45)38-28-24-33(25-29-38)46-31-35-13-5-7-17-40(35)42-19-9-11-21-44(42)46/h1-33H;1-31H/i24D,25D,28D,29D;22D,23D,24D,25D,26D,27D,28D,29D. The number of fused-ring (bicyclic) bond motifs is 15. The fourth-order valence-corrected chi connectivity index (χ4v) is 16.0. The van der Waals surface area contributed by atoms with Gasteiger partial charge in [0.15, 0.2) is 0 Å². The van der Waals surface area contributed by atoms with Gasteiger partial charge in [0.25, 0.3) is 0 Å². The first kappa shape index (κ1) is 47.9. The largest absolute Gasteiger partial charge is 0.311 e. The molecule has 3 heteroatoms. The molecule has 472 valence electrons. The van der Waals surface area contributed by atoms with Gasteiger partial charge in [-0.15, -0.1) is 11.3 Å². The topological polar surface area (TPSA) is 6.48 Å². The van der Waals surface area contributed by atoms with Crippen molar-refractivity contribution in [2.24, 2.45) is 0 Å². The molecule has 0 aliphatic heterocycles. The quantitative estimate of drug-likeness (QED) is 0.126. The van der Waals surface area contributed by atoms with Crippen LogP contribution in [0, 0.1) is 0 Å². The predicted molar refractivity (Wildman–Crippen MR) is 437 cm³/mol. The van der Waals surface area contributed by atoms with Crippen molar-refractivity contribution in [3.63, 3.8) is 0 Å². The predicted octanol–water partition coefficient (Wildman–Crippen LogP) is 28.6. The summed E-state index contributed by atoms with van der Waals surface area (Å²) in [6.07, 6.45) is 0. The number of anilines is 6. The number of hydrogen-bond acceptors (Lipinski definition) is 3. The Balaban J connectivity index is 0.000000152. The first-order valence-electron chi connectivity index (χ1n) is 39.7. The van der Waals surface area contributed by atoms with E-state index in [0.717, 1.165) is 113 Å². The number of thiophene rings is 1. The third-order valence-corrected chi connectivity index (χ3v) is 20.7. The summed E-state index contributed by atoms with van der Waals surface area (Å²) in [5, 5.41) is 18.2. The Morgan fingerprint density at radius 1 is 0.198 bits per heavy atom. The molecule has 1 heterocycles. The molecule has 2 nitrogen and oxygen atoms in total. The second-order valence-electron chi connectivity index (χ2n) is 25.2. The normalized spacial score (nSPS) is 13.2. The van der Waals surface area contributed by atoms with Crippen LogP contribution >= 0.6 is 11.3 Å². The van der Waals surface area contributed by atoms with Gasteiger partial charge in [-0.05, 0) is 216 Å². The van der Waals surface area contributed by atoms with Gasteiger partial charge >= 0.3 is 0 Å². The lowest BCUT2D eigenvalue weighted by Crippen LogP contribution is -2.10. The minimum absolute atomic E-state index is 0.0738. The molecule has 0 spiro atoms. The first-order valence-corrected chi connectivity index (χ1v) is 34.5. The Labute approximate surface area is 607 Å². The molecule has 0 radical (unpaired) electrons. The van der Waals surface area contributed by atoms with Crippen LogP contribution in [0.25, 0.3) is 151 Å². The van der Waals surface area contributed by atoms with Gasteiger partial charge in [0.05, 0.1) is 22.1 Å². The Hall–Kier alpha value is -12.9. The molecular weight excluding hydrogens is 1240 g/mol. The van der Waals surface area contributed by atoms with Gasteiger partial charge in [-0.3, -0.25) is 0 Å². The summed E-state index contributed by atoms with van der Waals surface area (Å²) >= 11 is 1.62. The third-order valence-electron chi connectivity index (χ3n) is 19.5. The van der Waals surface area contributed by atoms with E-state index in [1.807, 2.05) is 175 Å². The van der Waals surface area contributed by atoms with Crippen LogP contribution in [0.1, 0.15) is 16.4 Å². The monoisotopic (exact) mass is 1310 g/mol. The average Bonchev–Trinajstić information content (AvgIpc) is 1.04. The molecule has 20 rings (SSSR count). The Morgan fingerprint density at radius 2 is 0.525 bits per heavy atom. The number of benzene rings is 19. The molecule has 101 heavy (non-hydrogen) atoms. The zero-order chi connectivity index (χ0) is 77.2. The van der Waals surface area contributed by atoms with Crippen LogP contribution < -0.4 is 9.80 Å². The highest BCUT2D eigenvalue weighted by atomic mass is 32.1. The average molecular weight is 1310 g/mol. The third kappa shape index (κ3) is 10.6. The lowest BCUT2D eigenvalue weighted by molar-refractivity contribution is 1.28. The van der Waals surface area contributed by atoms with E-state index in [1.165, 1.54) is 21.1 Å². The van der Waals surface area contributed by atoms with Crippen molar-refractivity contribution in [1.29, 1.82) is 0 Å². The zero-order valence-electron chi connectivity index (χ0n) is 66.3. The molecule has 0 unspecified atom stereocenters. The summed E-state index contributed by atoms with van der Waals surface area (Å²) in [6.45, 7) is 0. The van der Waals surface area contributed by atoms with Crippen LogP contribution in [-0.2, 0) is 0 Å². The number of hydrogen-bond donors (Lipinski definition) is 0. The molecule has 1 aromatic heterocycles. The summed E-state index contributed by atoms with van der Waals surface area (Å²) in [6, 6.07) is 101.